The Kier molecular flexibility index (Phi) is 6.77. The van der Waals surface area contributed by atoms with Gasteiger partial charge in [0.1, 0.15) is 11.6 Å². The van der Waals surface area contributed by atoms with Crippen LogP contribution >= 0.6 is 11.8 Å². The summed E-state index contributed by atoms with van der Waals surface area (Å²) in [5, 5.41) is 10.4. The monoisotopic (exact) mass is 428 g/mol. The molecule has 7 heteroatoms. The number of H-pyrrole nitrogens is 1. The summed E-state index contributed by atoms with van der Waals surface area (Å²) in [5.41, 5.74) is 1.68. The fraction of sp³-hybridized carbons (Fsp3) is 0.0417. The van der Waals surface area contributed by atoms with Gasteiger partial charge in [0.05, 0.1) is 11.4 Å². The molecule has 0 aliphatic carbocycles. The fourth-order valence-electron chi connectivity index (χ4n) is 2.73. The van der Waals surface area contributed by atoms with E-state index >= 15 is 0 Å². The summed E-state index contributed by atoms with van der Waals surface area (Å²) in [6, 6.07) is 26.7. The number of nitrogens with one attached hydrogen (secondary N) is 2. The topological polar surface area (TPSA) is 79.9 Å². The van der Waals surface area contributed by atoms with Crippen LogP contribution in [0.1, 0.15) is 11.4 Å². The Balaban J connectivity index is 1.32. The minimum Gasteiger partial charge on any atom is -0.455 e. The van der Waals surface area contributed by atoms with Crippen molar-refractivity contribution in [1.29, 1.82) is 0 Å². The summed E-state index contributed by atoms with van der Waals surface area (Å²) in [6.45, 7) is 0. The quantitative estimate of drug-likeness (QED) is 0.362. The number of aromatic nitrogens is 3. The first kappa shape index (κ1) is 20.4. The van der Waals surface area contributed by atoms with Gasteiger partial charge in [-0.15, -0.1) is 5.10 Å². The molecule has 0 spiro atoms. The van der Waals surface area contributed by atoms with Gasteiger partial charge in [-0.2, -0.15) is 0 Å². The highest BCUT2D eigenvalue weighted by molar-refractivity contribution is 7.99. The lowest BCUT2D eigenvalue weighted by molar-refractivity contribution is -0.113. The van der Waals surface area contributed by atoms with Gasteiger partial charge in [0.15, 0.2) is 5.75 Å². The largest absolute Gasteiger partial charge is 0.455 e. The third kappa shape index (κ3) is 6.07. The molecule has 4 aromatic rings. The summed E-state index contributed by atoms with van der Waals surface area (Å²) >= 11 is 1.26. The van der Waals surface area contributed by atoms with Crippen molar-refractivity contribution in [1.82, 2.24) is 15.2 Å². The van der Waals surface area contributed by atoms with E-state index in [0.29, 0.717) is 28.2 Å². The molecule has 0 aliphatic rings. The molecule has 0 saturated heterocycles. The normalized spacial score (nSPS) is 10.8. The zero-order valence-electron chi connectivity index (χ0n) is 16.6. The second kappa shape index (κ2) is 10.3. The summed E-state index contributed by atoms with van der Waals surface area (Å²) in [5.74, 6) is 1.93. The molecule has 0 unspecified atom stereocenters. The molecule has 0 aliphatic heterocycles. The number of aromatic amines is 1. The van der Waals surface area contributed by atoms with Crippen LogP contribution in [-0.4, -0.2) is 26.8 Å². The van der Waals surface area contributed by atoms with Crippen LogP contribution in [0.3, 0.4) is 0 Å². The van der Waals surface area contributed by atoms with Gasteiger partial charge in [0, 0.05) is 0 Å². The van der Waals surface area contributed by atoms with E-state index in [2.05, 4.69) is 20.5 Å². The summed E-state index contributed by atoms with van der Waals surface area (Å²) in [7, 11) is 0. The molecular weight excluding hydrogens is 408 g/mol. The Labute approximate surface area is 184 Å². The number of rotatable bonds is 8. The number of hydrogen-bond donors (Lipinski definition) is 2. The third-order valence-corrected chi connectivity index (χ3v) is 5.03. The zero-order chi connectivity index (χ0) is 21.3. The number of benzene rings is 3. The first-order valence-electron chi connectivity index (χ1n) is 9.66. The molecule has 3 aromatic carbocycles. The van der Waals surface area contributed by atoms with Crippen molar-refractivity contribution in [3.05, 3.63) is 96.3 Å². The lowest BCUT2D eigenvalue weighted by atomic mass is 10.2. The van der Waals surface area contributed by atoms with Gasteiger partial charge in [0.25, 0.3) is 0 Å². The van der Waals surface area contributed by atoms with Crippen LogP contribution in [-0.2, 0) is 4.79 Å². The predicted molar refractivity (Wildman–Crippen MR) is 124 cm³/mol. The van der Waals surface area contributed by atoms with Crippen LogP contribution in [0.25, 0.3) is 12.2 Å². The lowest BCUT2D eigenvalue weighted by Crippen LogP contribution is -2.14. The van der Waals surface area contributed by atoms with Gasteiger partial charge in [-0.25, -0.2) is 4.98 Å². The Morgan fingerprint density at radius 3 is 2.45 bits per heavy atom. The number of ether oxygens (including phenoxy) is 1. The van der Waals surface area contributed by atoms with E-state index in [9.17, 15) is 4.79 Å². The lowest BCUT2D eigenvalue weighted by Gasteiger charge is -2.11. The van der Waals surface area contributed by atoms with Gasteiger partial charge in [-0.3, -0.25) is 9.89 Å². The number of carbonyl (C=O) groups excluding carboxylic acids is 1. The van der Waals surface area contributed by atoms with Crippen LogP contribution in [0.4, 0.5) is 5.69 Å². The molecule has 1 heterocycles. The number of amides is 1. The van der Waals surface area contributed by atoms with Crippen LogP contribution in [0.5, 0.6) is 11.5 Å². The molecule has 0 saturated carbocycles. The van der Waals surface area contributed by atoms with E-state index in [0.717, 1.165) is 5.56 Å². The molecular formula is C24H20N4O2S. The molecule has 1 amide bonds. The van der Waals surface area contributed by atoms with Gasteiger partial charge in [-0.1, -0.05) is 78.5 Å². The Bertz CT molecular complexity index is 1160. The summed E-state index contributed by atoms with van der Waals surface area (Å²) in [6.07, 6.45) is 3.80. The summed E-state index contributed by atoms with van der Waals surface area (Å²) < 4.78 is 5.88. The van der Waals surface area contributed by atoms with Crippen LogP contribution in [0.2, 0.25) is 0 Å². The zero-order valence-corrected chi connectivity index (χ0v) is 17.4. The maximum absolute atomic E-state index is 12.4. The van der Waals surface area contributed by atoms with Gasteiger partial charge < -0.3 is 10.1 Å². The van der Waals surface area contributed by atoms with Crippen molar-refractivity contribution in [2.75, 3.05) is 11.1 Å². The minimum atomic E-state index is -0.166. The number of nitrogens with zero attached hydrogens (tertiary/aromatic N) is 2. The highest BCUT2D eigenvalue weighted by atomic mass is 32.2. The maximum atomic E-state index is 12.4. The van der Waals surface area contributed by atoms with E-state index in [1.807, 2.05) is 91.0 Å². The second-order valence-electron chi connectivity index (χ2n) is 6.50. The molecule has 2 N–H and O–H groups in total. The fourth-order valence-corrected chi connectivity index (χ4v) is 3.33. The van der Waals surface area contributed by atoms with E-state index in [4.69, 9.17) is 4.74 Å². The van der Waals surface area contributed by atoms with Crippen molar-refractivity contribution in [2.45, 2.75) is 5.16 Å². The molecule has 154 valence electrons. The first-order valence-corrected chi connectivity index (χ1v) is 10.6. The standard InChI is InChI=1S/C24H20N4O2S/c29-23(25-20-13-7-8-14-21(20)30-19-11-5-2-6-12-19)17-31-24-26-22(27-28-24)16-15-18-9-3-1-4-10-18/h1-16H,17H2,(H,25,29)(H,26,27,28)/b16-15+. The number of hydrogen-bond acceptors (Lipinski definition) is 5. The molecule has 0 atom stereocenters. The van der Waals surface area contributed by atoms with Crippen molar-refractivity contribution in [3.63, 3.8) is 0 Å². The number of carbonyl (C=O) groups is 1. The molecule has 0 radical (unpaired) electrons. The Morgan fingerprint density at radius 2 is 1.65 bits per heavy atom. The Hall–Kier alpha value is -3.84. The van der Waals surface area contributed by atoms with Gasteiger partial charge >= 0.3 is 0 Å². The number of para-hydroxylation sites is 3. The first-order chi connectivity index (χ1) is 15.3. The maximum Gasteiger partial charge on any atom is 0.234 e. The SMILES string of the molecule is O=C(CSc1n[nH]c(/C=C/c2ccccc2)n1)Nc1ccccc1Oc1ccccc1. The van der Waals surface area contributed by atoms with Gasteiger partial charge in [0.2, 0.25) is 11.1 Å². The minimum absolute atomic E-state index is 0.166. The molecule has 31 heavy (non-hydrogen) atoms. The van der Waals surface area contributed by atoms with E-state index in [-0.39, 0.29) is 11.7 Å². The molecule has 0 fully saturated rings. The predicted octanol–water partition coefficient (Wildman–Crippen LogP) is 5.50. The number of thioether (sulfide) groups is 1. The average Bonchev–Trinajstić information content (AvgIpc) is 3.27. The second-order valence-corrected chi connectivity index (χ2v) is 7.44. The third-order valence-electron chi connectivity index (χ3n) is 4.18. The number of anilines is 1. The smallest absolute Gasteiger partial charge is 0.234 e. The van der Waals surface area contributed by atoms with Crippen LogP contribution < -0.4 is 10.1 Å². The van der Waals surface area contributed by atoms with E-state index in [1.165, 1.54) is 11.8 Å². The van der Waals surface area contributed by atoms with Crippen molar-refractivity contribution in [3.8, 4) is 11.5 Å². The molecule has 1 aromatic heterocycles. The van der Waals surface area contributed by atoms with Crippen LogP contribution in [0.15, 0.2) is 90.1 Å². The van der Waals surface area contributed by atoms with E-state index < -0.39 is 0 Å². The highest BCUT2D eigenvalue weighted by Crippen LogP contribution is 2.29. The highest BCUT2D eigenvalue weighted by Gasteiger charge is 2.11. The average molecular weight is 429 g/mol. The van der Waals surface area contributed by atoms with Gasteiger partial charge in [-0.05, 0) is 35.9 Å². The summed E-state index contributed by atoms with van der Waals surface area (Å²) in [4.78, 5) is 16.8. The van der Waals surface area contributed by atoms with Crippen molar-refractivity contribution < 1.29 is 9.53 Å². The molecule has 6 nitrogen and oxygen atoms in total. The molecule has 0 bridgehead atoms. The van der Waals surface area contributed by atoms with Crippen LogP contribution in [0, 0.1) is 0 Å². The molecule has 4 rings (SSSR count). The van der Waals surface area contributed by atoms with E-state index in [1.54, 1.807) is 6.07 Å². The Morgan fingerprint density at radius 1 is 0.935 bits per heavy atom. The van der Waals surface area contributed by atoms with Crippen molar-refractivity contribution in [2.24, 2.45) is 0 Å². The van der Waals surface area contributed by atoms with Crippen molar-refractivity contribution >= 4 is 35.5 Å².